The molecule has 80 valence electrons. The molecule has 0 aliphatic heterocycles. The highest BCUT2D eigenvalue weighted by Gasteiger charge is 2.23. The summed E-state index contributed by atoms with van der Waals surface area (Å²) in [4.78, 5) is 0. The van der Waals surface area contributed by atoms with Gasteiger partial charge in [0.2, 0.25) is 0 Å². The van der Waals surface area contributed by atoms with Crippen LogP contribution >= 0.6 is 15.9 Å². The quantitative estimate of drug-likeness (QED) is 0.835. The number of nitrogens with zero attached hydrogens (tertiary/aromatic N) is 3. The Kier molecular flexibility index (Phi) is 3.70. The zero-order valence-electron chi connectivity index (χ0n) is 9.34. The van der Waals surface area contributed by atoms with Crippen LogP contribution in [0.15, 0.2) is 4.60 Å². The molecule has 0 amide bonds. The van der Waals surface area contributed by atoms with Crippen molar-refractivity contribution >= 4 is 15.9 Å². The first kappa shape index (κ1) is 11.7. The largest absolute Gasteiger partial charge is 0.248 e. The van der Waals surface area contributed by atoms with Crippen LogP contribution in [0.5, 0.6) is 0 Å². The van der Waals surface area contributed by atoms with E-state index in [1.165, 1.54) is 12.1 Å². The second-order valence-corrected chi connectivity index (χ2v) is 5.31. The molecule has 0 aromatic carbocycles. The van der Waals surface area contributed by atoms with Crippen molar-refractivity contribution in [3.63, 3.8) is 0 Å². The zero-order valence-corrected chi connectivity index (χ0v) is 10.9. The van der Waals surface area contributed by atoms with E-state index in [1.807, 2.05) is 4.68 Å². The molecular weight excluding hydrogens is 242 g/mol. The number of hydrogen-bond acceptors (Lipinski definition) is 2. The van der Waals surface area contributed by atoms with E-state index < -0.39 is 0 Å². The van der Waals surface area contributed by atoms with Crippen LogP contribution in [0, 0.1) is 0 Å². The van der Waals surface area contributed by atoms with Crippen LogP contribution in [0.3, 0.4) is 0 Å². The normalized spacial score (nSPS) is 12.1. The fourth-order valence-electron chi connectivity index (χ4n) is 1.45. The van der Waals surface area contributed by atoms with Gasteiger partial charge in [0.05, 0.1) is 5.69 Å². The van der Waals surface area contributed by atoms with Crippen molar-refractivity contribution in [3.8, 4) is 0 Å². The highest BCUT2D eigenvalue weighted by Crippen LogP contribution is 2.27. The fourth-order valence-corrected chi connectivity index (χ4v) is 2.32. The molecule has 4 heteroatoms. The van der Waals surface area contributed by atoms with Crippen molar-refractivity contribution in [1.29, 1.82) is 0 Å². The summed E-state index contributed by atoms with van der Waals surface area (Å²) >= 11 is 3.45. The maximum Gasteiger partial charge on any atom is 0.152 e. The first-order valence-electron chi connectivity index (χ1n) is 5.06. The van der Waals surface area contributed by atoms with E-state index in [0.717, 1.165) is 17.6 Å². The van der Waals surface area contributed by atoms with Gasteiger partial charge in [-0.15, -0.1) is 5.10 Å². The fraction of sp³-hybridized carbons (Fsp3) is 0.800. The summed E-state index contributed by atoms with van der Waals surface area (Å²) in [5.41, 5.74) is 1.28. The lowest BCUT2D eigenvalue weighted by molar-refractivity contribution is 0.466. The van der Waals surface area contributed by atoms with Crippen LogP contribution in [-0.4, -0.2) is 15.0 Å². The van der Waals surface area contributed by atoms with Crippen LogP contribution in [0.25, 0.3) is 0 Å². The Balaban J connectivity index is 2.95. The minimum atomic E-state index is 0.0933. The average molecular weight is 260 g/mol. The molecule has 0 fully saturated rings. The molecule has 0 spiro atoms. The summed E-state index contributed by atoms with van der Waals surface area (Å²) in [6, 6.07) is 0. The van der Waals surface area contributed by atoms with Gasteiger partial charge in [0.15, 0.2) is 4.60 Å². The first-order chi connectivity index (χ1) is 6.46. The van der Waals surface area contributed by atoms with E-state index in [0.29, 0.717) is 0 Å². The van der Waals surface area contributed by atoms with Gasteiger partial charge < -0.3 is 0 Å². The van der Waals surface area contributed by atoms with Gasteiger partial charge in [-0.25, -0.2) is 4.68 Å². The van der Waals surface area contributed by atoms with Crippen LogP contribution < -0.4 is 0 Å². The molecule has 14 heavy (non-hydrogen) atoms. The van der Waals surface area contributed by atoms with Crippen molar-refractivity contribution in [2.45, 2.75) is 52.5 Å². The Morgan fingerprint density at radius 3 is 2.50 bits per heavy atom. The Morgan fingerprint density at radius 2 is 2.00 bits per heavy atom. The van der Waals surface area contributed by atoms with Crippen LogP contribution in [0.4, 0.5) is 0 Å². The van der Waals surface area contributed by atoms with Crippen LogP contribution in [0.2, 0.25) is 0 Å². The number of hydrogen-bond donors (Lipinski definition) is 0. The molecule has 0 atom stereocenters. The molecule has 1 heterocycles. The predicted octanol–water partition coefficient (Wildman–Crippen LogP) is 3.14. The van der Waals surface area contributed by atoms with Gasteiger partial charge in [-0.2, -0.15) is 0 Å². The monoisotopic (exact) mass is 259 g/mol. The lowest BCUT2D eigenvalue weighted by atomic mass is 9.92. The van der Waals surface area contributed by atoms with Crippen molar-refractivity contribution in [3.05, 3.63) is 10.3 Å². The van der Waals surface area contributed by atoms with Gasteiger partial charge in [-0.1, -0.05) is 39.3 Å². The molecule has 0 saturated heterocycles. The molecule has 0 aliphatic rings. The molecule has 1 aromatic rings. The molecule has 0 bridgehead atoms. The Hall–Kier alpha value is -0.380. The summed E-state index contributed by atoms with van der Waals surface area (Å²) in [6.45, 7) is 9.68. The third-order valence-electron chi connectivity index (χ3n) is 2.13. The van der Waals surface area contributed by atoms with E-state index in [9.17, 15) is 0 Å². The van der Waals surface area contributed by atoms with Gasteiger partial charge in [0, 0.05) is 12.0 Å². The van der Waals surface area contributed by atoms with E-state index in [-0.39, 0.29) is 5.41 Å². The van der Waals surface area contributed by atoms with Crippen LogP contribution in [-0.2, 0) is 12.0 Å². The lowest BCUT2D eigenvalue weighted by Crippen LogP contribution is -2.19. The second kappa shape index (κ2) is 4.43. The molecule has 3 nitrogen and oxygen atoms in total. The van der Waals surface area contributed by atoms with E-state index >= 15 is 0 Å². The predicted molar refractivity (Wildman–Crippen MR) is 61.3 cm³/mol. The van der Waals surface area contributed by atoms with Crippen molar-refractivity contribution < 1.29 is 0 Å². The molecule has 0 unspecified atom stereocenters. The van der Waals surface area contributed by atoms with Gasteiger partial charge in [0.25, 0.3) is 0 Å². The molecular formula is C10H18BrN3. The van der Waals surface area contributed by atoms with Gasteiger partial charge in [-0.05, 0) is 22.4 Å². The summed E-state index contributed by atoms with van der Waals surface area (Å²) in [5.74, 6) is 0. The summed E-state index contributed by atoms with van der Waals surface area (Å²) < 4.78 is 2.88. The molecule has 0 radical (unpaired) electrons. The zero-order chi connectivity index (χ0) is 10.8. The number of halogens is 1. The Morgan fingerprint density at radius 1 is 1.36 bits per heavy atom. The third-order valence-corrected chi connectivity index (χ3v) is 2.66. The summed E-state index contributed by atoms with van der Waals surface area (Å²) in [5, 5.41) is 8.21. The molecule has 0 saturated carbocycles. The first-order valence-corrected chi connectivity index (χ1v) is 5.85. The highest BCUT2D eigenvalue weighted by atomic mass is 79.9. The van der Waals surface area contributed by atoms with Gasteiger partial charge in [-0.3, -0.25) is 0 Å². The number of aryl methyl sites for hydroxylation is 1. The lowest BCUT2D eigenvalue weighted by Gasteiger charge is -2.19. The molecule has 1 rings (SSSR count). The molecule has 0 N–H and O–H groups in total. The number of rotatable bonds is 3. The van der Waals surface area contributed by atoms with Gasteiger partial charge in [0.1, 0.15) is 0 Å². The Labute approximate surface area is 94.0 Å². The van der Waals surface area contributed by atoms with E-state index in [4.69, 9.17) is 0 Å². The van der Waals surface area contributed by atoms with Crippen molar-refractivity contribution in [1.82, 2.24) is 15.0 Å². The topological polar surface area (TPSA) is 30.7 Å². The van der Waals surface area contributed by atoms with Crippen molar-refractivity contribution in [2.75, 3.05) is 0 Å². The summed E-state index contributed by atoms with van der Waals surface area (Å²) in [6.07, 6.45) is 2.33. The van der Waals surface area contributed by atoms with E-state index in [1.54, 1.807) is 0 Å². The standard InChI is InChI=1S/C10H18BrN3/c1-5-6-7-14-8(10(2,3)4)9(11)12-13-14/h5-7H2,1-4H3. The summed E-state index contributed by atoms with van der Waals surface area (Å²) in [7, 11) is 0. The average Bonchev–Trinajstić information content (AvgIpc) is 2.42. The maximum atomic E-state index is 4.14. The minimum absolute atomic E-state index is 0.0933. The minimum Gasteiger partial charge on any atom is -0.248 e. The Bertz CT molecular complexity index is 299. The van der Waals surface area contributed by atoms with Gasteiger partial charge >= 0.3 is 0 Å². The van der Waals surface area contributed by atoms with E-state index in [2.05, 4.69) is 53.9 Å². The molecule has 1 aromatic heterocycles. The van der Waals surface area contributed by atoms with Crippen molar-refractivity contribution in [2.24, 2.45) is 0 Å². The van der Waals surface area contributed by atoms with Crippen LogP contribution in [0.1, 0.15) is 46.2 Å². The number of aromatic nitrogens is 3. The third kappa shape index (κ3) is 2.56. The maximum absolute atomic E-state index is 4.14. The SMILES string of the molecule is CCCCn1nnc(Br)c1C(C)(C)C. The molecule has 0 aliphatic carbocycles. The highest BCUT2D eigenvalue weighted by molar-refractivity contribution is 9.10. The second-order valence-electron chi connectivity index (χ2n) is 4.56. The smallest absolute Gasteiger partial charge is 0.152 e. The number of unbranched alkanes of at least 4 members (excludes halogenated alkanes) is 1.